The van der Waals surface area contributed by atoms with E-state index in [2.05, 4.69) is 10.3 Å². The van der Waals surface area contributed by atoms with Gasteiger partial charge in [-0.15, -0.1) is 16.2 Å². The number of carbonyl (C=O) groups excluding carboxylic acids is 1. The zero-order valence-corrected chi connectivity index (χ0v) is 17.6. The number of oxazole rings is 1. The van der Waals surface area contributed by atoms with Gasteiger partial charge in [0.25, 0.3) is 15.9 Å². The lowest BCUT2D eigenvalue weighted by Crippen LogP contribution is -2.41. The summed E-state index contributed by atoms with van der Waals surface area (Å²) in [6.07, 6.45) is 0. The maximum Gasteiger partial charge on any atom is 0.419 e. The molecule has 0 spiro atoms. The van der Waals surface area contributed by atoms with Gasteiger partial charge in [0.1, 0.15) is 4.88 Å². The van der Waals surface area contributed by atoms with E-state index in [1.807, 2.05) is 37.3 Å². The Hall–Kier alpha value is -3.21. The molecule has 0 aliphatic carbocycles. The molecule has 30 heavy (non-hydrogen) atoms. The van der Waals surface area contributed by atoms with Crippen molar-refractivity contribution in [2.75, 3.05) is 0 Å². The molecule has 0 unspecified atom stereocenters. The monoisotopic (exact) mass is 443 g/mol. The maximum absolute atomic E-state index is 12.6. The number of nitrogens with one attached hydrogen (secondary N) is 2. The highest BCUT2D eigenvalue weighted by molar-refractivity contribution is 7.89. The Morgan fingerprint density at radius 1 is 1.10 bits per heavy atom. The van der Waals surface area contributed by atoms with Crippen molar-refractivity contribution in [3.63, 3.8) is 0 Å². The highest BCUT2D eigenvalue weighted by Gasteiger charge is 2.20. The summed E-state index contributed by atoms with van der Waals surface area (Å²) in [4.78, 5) is 26.5. The summed E-state index contributed by atoms with van der Waals surface area (Å²) in [5.74, 6) is -1.17. The van der Waals surface area contributed by atoms with E-state index in [9.17, 15) is 18.0 Å². The van der Waals surface area contributed by atoms with E-state index < -0.39 is 21.7 Å². The summed E-state index contributed by atoms with van der Waals surface area (Å²) in [5.41, 5.74) is 5.51. The molecule has 2 heterocycles. The lowest BCUT2D eigenvalue weighted by Gasteiger charge is -2.09. The summed E-state index contributed by atoms with van der Waals surface area (Å²) in [6, 6.07) is 13.5. The summed E-state index contributed by atoms with van der Waals surface area (Å²) in [6.45, 7) is 1.97. The average molecular weight is 444 g/mol. The zero-order valence-electron chi connectivity index (χ0n) is 16.0. The fourth-order valence-corrected chi connectivity index (χ4v) is 4.62. The predicted octanol–water partition coefficient (Wildman–Crippen LogP) is 2.79. The second kappa shape index (κ2) is 7.56. The molecule has 4 aromatic rings. The normalized spacial score (nSPS) is 11.7. The van der Waals surface area contributed by atoms with Gasteiger partial charge in [0, 0.05) is 18.7 Å². The van der Waals surface area contributed by atoms with Crippen molar-refractivity contribution in [1.29, 1.82) is 0 Å². The number of fused-ring (bicyclic) bond motifs is 1. The van der Waals surface area contributed by atoms with Crippen LogP contribution in [0, 0.1) is 6.92 Å². The van der Waals surface area contributed by atoms with E-state index in [1.165, 1.54) is 41.2 Å². The van der Waals surface area contributed by atoms with Crippen LogP contribution in [0.15, 0.2) is 68.0 Å². The second-order valence-corrected chi connectivity index (χ2v) is 9.24. The van der Waals surface area contributed by atoms with Crippen molar-refractivity contribution < 1.29 is 17.6 Å². The number of nitrogens with zero attached hydrogens (tertiary/aromatic N) is 1. The van der Waals surface area contributed by atoms with Crippen molar-refractivity contribution in [1.82, 2.24) is 14.8 Å². The second-order valence-electron chi connectivity index (χ2n) is 6.65. The first kappa shape index (κ1) is 20.1. The Morgan fingerprint density at radius 3 is 2.57 bits per heavy atom. The van der Waals surface area contributed by atoms with E-state index in [1.54, 1.807) is 5.38 Å². The van der Waals surface area contributed by atoms with Crippen LogP contribution in [-0.4, -0.2) is 18.9 Å². The zero-order chi connectivity index (χ0) is 21.5. The van der Waals surface area contributed by atoms with E-state index in [0.717, 1.165) is 11.1 Å². The minimum atomic E-state index is -4.07. The van der Waals surface area contributed by atoms with Gasteiger partial charge in [0.15, 0.2) is 5.58 Å². The van der Waals surface area contributed by atoms with E-state index in [4.69, 9.17) is 4.42 Å². The largest absolute Gasteiger partial charge is 0.419 e. The molecule has 0 aliphatic rings. The van der Waals surface area contributed by atoms with Gasteiger partial charge in [-0.2, -0.15) is 0 Å². The number of carbonyl (C=O) groups is 1. The summed E-state index contributed by atoms with van der Waals surface area (Å²) in [7, 11) is -2.55. The standard InChI is InChI=1S/C20H17N3O5S2/c1-12-3-5-13(6-4-12)15-9-10-29-18(15)19(24)21-22-30(26,27)14-7-8-16-17(11-14)28-20(25)23(16)2/h3-11,22H,1-2H3,(H,21,24). The summed E-state index contributed by atoms with van der Waals surface area (Å²) < 4.78 is 31.5. The molecule has 0 bridgehead atoms. The number of benzene rings is 2. The lowest BCUT2D eigenvalue weighted by atomic mass is 10.1. The Labute approximate surface area is 175 Å². The maximum atomic E-state index is 12.6. The van der Waals surface area contributed by atoms with Gasteiger partial charge in [0.05, 0.1) is 10.4 Å². The Balaban J connectivity index is 1.55. The van der Waals surface area contributed by atoms with Gasteiger partial charge >= 0.3 is 5.76 Å². The molecule has 2 aromatic heterocycles. The number of aryl methyl sites for hydroxylation is 2. The van der Waals surface area contributed by atoms with Gasteiger partial charge in [0.2, 0.25) is 0 Å². The first-order chi connectivity index (χ1) is 14.3. The lowest BCUT2D eigenvalue weighted by molar-refractivity contribution is 0.0950. The molecule has 154 valence electrons. The predicted molar refractivity (Wildman–Crippen MR) is 114 cm³/mol. The SMILES string of the molecule is Cc1ccc(-c2ccsc2C(=O)NNS(=O)(=O)c2ccc3c(c2)oc(=O)n3C)cc1. The van der Waals surface area contributed by atoms with Gasteiger partial charge < -0.3 is 4.42 Å². The van der Waals surface area contributed by atoms with Crippen LogP contribution in [0.25, 0.3) is 22.2 Å². The van der Waals surface area contributed by atoms with Crippen LogP contribution in [-0.2, 0) is 17.1 Å². The van der Waals surface area contributed by atoms with Crippen molar-refractivity contribution in [2.45, 2.75) is 11.8 Å². The Kier molecular flexibility index (Phi) is 5.06. The fourth-order valence-electron chi connectivity index (χ4n) is 2.96. The molecule has 10 heteroatoms. The molecule has 0 fully saturated rings. The number of sulfonamides is 1. The van der Waals surface area contributed by atoms with Crippen LogP contribution < -0.4 is 16.0 Å². The molecule has 0 atom stereocenters. The smallest absolute Gasteiger partial charge is 0.408 e. The Bertz CT molecular complexity index is 1410. The van der Waals surface area contributed by atoms with Crippen LogP contribution in [0.1, 0.15) is 15.2 Å². The van der Waals surface area contributed by atoms with E-state index in [0.29, 0.717) is 16.0 Å². The first-order valence-electron chi connectivity index (χ1n) is 8.82. The molecular formula is C20H17N3O5S2. The van der Waals surface area contributed by atoms with Crippen LogP contribution in [0.2, 0.25) is 0 Å². The number of thiophene rings is 1. The van der Waals surface area contributed by atoms with Gasteiger partial charge in [-0.1, -0.05) is 29.8 Å². The molecule has 2 aromatic carbocycles. The summed E-state index contributed by atoms with van der Waals surface area (Å²) in [5, 5.41) is 1.77. The van der Waals surface area contributed by atoms with Gasteiger partial charge in [-0.3, -0.25) is 14.8 Å². The molecule has 2 N–H and O–H groups in total. The third kappa shape index (κ3) is 3.67. The van der Waals surface area contributed by atoms with Crippen molar-refractivity contribution in [2.24, 2.45) is 7.05 Å². The van der Waals surface area contributed by atoms with E-state index >= 15 is 0 Å². The minimum Gasteiger partial charge on any atom is -0.408 e. The van der Waals surface area contributed by atoms with Gasteiger partial charge in [-0.25, -0.2) is 13.2 Å². The molecular weight excluding hydrogens is 426 g/mol. The molecule has 0 aliphatic heterocycles. The number of hydrogen-bond acceptors (Lipinski definition) is 6. The van der Waals surface area contributed by atoms with Crippen LogP contribution in [0.3, 0.4) is 0 Å². The number of amides is 1. The molecule has 0 radical (unpaired) electrons. The van der Waals surface area contributed by atoms with Crippen molar-refractivity contribution in [3.8, 4) is 11.1 Å². The molecule has 1 amide bonds. The quantitative estimate of drug-likeness (QED) is 0.461. The molecule has 0 saturated carbocycles. The number of rotatable bonds is 5. The van der Waals surface area contributed by atoms with Crippen molar-refractivity contribution >= 4 is 38.4 Å². The summed E-state index contributed by atoms with van der Waals surface area (Å²) >= 11 is 1.21. The average Bonchev–Trinajstić information content (AvgIpc) is 3.32. The highest BCUT2D eigenvalue weighted by Crippen LogP contribution is 2.28. The van der Waals surface area contributed by atoms with E-state index in [-0.39, 0.29) is 10.5 Å². The third-order valence-electron chi connectivity index (χ3n) is 4.61. The fraction of sp³-hybridized carbons (Fsp3) is 0.100. The molecule has 8 nitrogen and oxygen atoms in total. The Morgan fingerprint density at radius 2 is 1.83 bits per heavy atom. The van der Waals surface area contributed by atoms with Crippen LogP contribution in [0.4, 0.5) is 0 Å². The first-order valence-corrected chi connectivity index (χ1v) is 11.2. The molecule has 0 saturated heterocycles. The van der Waals surface area contributed by atoms with Crippen LogP contribution >= 0.6 is 11.3 Å². The van der Waals surface area contributed by atoms with Crippen LogP contribution in [0.5, 0.6) is 0 Å². The van der Waals surface area contributed by atoms with Crippen molar-refractivity contribution in [3.05, 3.63) is 74.9 Å². The number of hydrazine groups is 1. The third-order valence-corrected chi connectivity index (χ3v) is 6.77. The number of hydrogen-bond donors (Lipinski definition) is 2. The van der Waals surface area contributed by atoms with Gasteiger partial charge in [-0.05, 0) is 36.1 Å². The topological polar surface area (TPSA) is 110 Å². The number of aromatic nitrogens is 1. The highest BCUT2D eigenvalue weighted by atomic mass is 32.2. The molecule has 4 rings (SSSR count). The minimum absolute atomic E-state index is 0.136.